The molecule has 6 heteroatoms. The molecule has 0 atom stereocenters. The van der Waals surface area contributed by atoms with E-state index in [1.165, 1.54) is 15.6 Å². The molecule has 0 aromatic carbocycles. The Morgan fingerprint density at radius 3 is 2.92 bits per heavy atom. The largest absolute Gasteiger partial charge is 0.364 e. The third-order valence-electron chi connectivity index (χ3n) is 1.81. The van der Waals surface area contributed by atoms with Crippen molar-refractivity contribution >= 4 is 21.4 Å². The van der Waals surface area contributed by atoms with Gasteiger partial charge in [0.15, 0.2) is 0 Å². The highest BCUT2D eigenvalue weighted by molar-refractivity contribution is 7.91. The fraction of sp³-hybridized carbons (Fsp3) is 0.429. The highest BCUT2D eigenvalue weighted by Crippen LogP contribution is 2.21. The van der Waals surface area contributed by atoms with Crippen molar-refractivity contribution in [1.29, 1.82) is 0 Å². The zero-order valence-corrected chi connectivity index (χ0v) is 8.47. The van der Waals surface area contributed by atoms with E-state index in [4.69, 9.17) is 4.74 Å². The van der Waals surface area contributed by atoms with Crippen molar-refractivity contribution in [2.24, 2.45) is 0 Å². The van der Waals surface area contributed by atoms with Gasteiger partial charge in [-0.15, -0.1) is 11.3 Å². The third kappa shape index (κ3) is 1.62. The minimum absolute atomic E-state index is 0.181. The molecule has 0 amide bonds. The zero-order chi connectivity index (χ0) is 9.31. The molecule has 0 saturated carbocycles. The molecule has 13 heavy (non-hydrogen) atoms. The van der Waals surface area contributed by atoms with E-state index in [1.54, 1.807) is 17.5 Å². The second-order valence-electron chi connectivity index (χ2n) is 2.65. The standard InChI is InChI=1S/C7H9NO3S2/c9-13(10,7-2-1-5-12-7)8-3-4-11-6-8/h1-2,5H,3-4,6H2. The van der Waals surface area contributed by atoms with E-state index in [0.29, 0.717) is 17.4 Å². The lowest BCUT2D eigenvalue weighted by atomic mass is 10.7. The lowest BCUT2D eigenvalue weighted by Crippen LogP contribution is -2.27. The summed E-state index contributed by atoms with van der Waals surface area (Å²) in [6, 6.07) is 3.34. The van der Waals surface area contributed by atoms with Crippen molar-refractivity contribution in [3.63, 3.8) is 0 Å². The maximum absolute atomic E-state index is 11.8. The SMILES string of the molecule is O=S(=O)(c1cccs1)N1CCOC1. The Bertz CT molecular complexity index is 364. The van der Waals surface area contributed by atoms with E-state index in [-0.39, 0.29) is 6.73 Å². The van der Waals surface area contributed by atoms with E-state index in [9.17, 15) is 8.42 Å². The topological polar surface area (TPSA) is 46.6 Å². The average molecular weight is 219 g/mol. The number of sulfonamides is 1. The van der Waals surface area contributed by atoms with Gasteiger partial charge in [0.25, 0.3) is 10.0 Å². The lowest BCUT2D eigenvalue weighted by molar-refractivity contribution is 0.172. The van der Waals surface area contributed by atoms with Crippen molar-refractivity contribution in [3.05, 3.63) is 17.5 Å². The molecule has 0 aliphatic carbocycles. The average Bonchev–Trinajstić information content (AvgIpc) is 2.78. The molecule has 1 fully saturated rings. The summed E-state index contributed by atoms with van der Waals surface area (Å²) in [5.41, 5.74) is 0. The van der Waals surface area contributed by atoms with E-state index in [2.05, 4.69) is 0 Å². The van der Waals surface area contributed by atoms with Crippen LogP contribution < -0.4 is 0 Å². The third-order valence-corrected chi connectivity index (χ3v) is 5.00. The van der Waals surface area contributed by atoms with E-state index in [0.717, 1.165) is 0 Å². The summed E-state index contributed by atoms with van der Waals surface area (Å²) in [5, 5.41) is 1.75. The van der Waals surface area contributed by atoms with Gasteiger partial charge in [-0.25, -0.2) is 8.42 Å². The molecule has 4 nitrogen and oxygen atoms in total. The Morgan fingerprint density at radius 1 is 1.54 bits per heavy atom. The lowest BCUT2D eigenvalue weighted by Gasteiger charge is -2.11. The van der Waals surface area contributed by atoms with E-state index < -0.39 is 10.0 Å². The van der Waals surface area contributed by atoms with Crippen molar-refractivity contribution in [2.75, 3.05) is 19.9 Å². The van der Waals surface area contributed by atoms with Crippen LogP contribution in [0, 0.1) is 0 Å². The Kier molecular flexibility index (Phi) is 2.37. The summed E-state index contributed by atoms with van der Waals surface area (Å²) in [6.45, 7) is 1.13. The van der Waals surface area contributed by atoms with Crippen molar-refractivity contribution < 1.29 is 13.2 Å². The predicted molar refractivity (Wildman–Crippen MR) is 49.0 cm³/mol. The predicted octanol–water partition coefficient (Wildman–Crippen LogP) is 0.727. The van der Waals surface area contributed by atoms with Gasteiger partial charge in [0, 0.05) is 6.54 Å². The van der Waals surface area contributed by atoms with Crippen molar-refractivity contribution in [1.82, 2.24) is 4.31 Å². The molecule has 2 rings (SSSR count). The second-order valence-corrected chi connectivity index (χ2v) is 5.76. The molecule has 1 aliphatic rings. The van der Waals surface area contributed by atoms with E-state index in [1.807, 2.05) is 0 Å². The number of hydrogen-bond donors (Lipinski definition) is 0. The summed E-state index contributed by atoms with van der Waals surface area (Å²) in [7, 11) is -3.27. The van der Waals surface area contributed by atoms with Gasteiger partial charge in [-0.1, -0.05) is 6.07 Å². The molecule has 0 spiro atoms. The Morgan fingerprint density at radius 2 is 2.38 bits per heavy atom. The van der Waals surface area contributed by atoms with Gasteiger partial charge in [0.1, 0.15) is 10.9 Å². The molecule has 1 aromatic rings. The van der Waals surface area contributed by atoms with Crippen LogP contribution >= 0.6 is 11.3 Å². The fourth-order valence-corrected chi connectivity index (χ4v) is 3.58. The molecule has 1 aliphatic heterocycles. The van der Waals surface area contributed by atoms with Crippen LogP contribution in [0.2, 0.25) is 0 Å². The van der Waals surface area contributed by atoms with Gasteiger partial charge in [-0.05, 0) is 11.4 Å². The van der Waals surface area contributed by atoms with Crippen LogP contribution in [0.4, 0.5) is 0 Å². The molecule has 0 radical (unpaired) electrons. The highest BCUT2D eigenvalue weighted by atomic mass is 32.2. The van der Waals surface area contributed by atoms with Gasteiger partial charge in [0.05, 0.1) is 6.61 Å². The first-order chi connectivity index (χ1) is 6.21. The zero-order valence-electron chi connectivity index (χ0n) is 6.84. The van der Waals surface area contributed by atoms with Crippen LogP contribution in [0.3, 0.4) is 0 Å². The molecule has 0 unspecified atom stereocenters. The maximum Gasteiger partial charge on any atom is 0.254 e. The number of hydrogen-bond acceptors (Lipinski definition) is 4. The molecular weight excluding hydrogens is 210 g/mol. The molecule has 0 bridgehead atoms. The summed E-state index contributed by atoms with van der Waals surface area (Å²) in [6.07, 6.45) is 0. The number of rotatable bonds is 2. The minimum Gasteiger partial charge on any atom is -0.364 e. The summed E-state index contributed by atoms with van der Waals surface area (Å²) < 4.78 is 30.2. The van der Waals surface area contributed by atoms with Gasteiger partial charge < -0.3 is 4.74 Å². The number of thiophene rings is 1. The van der Waals surface area contributed by atoms with Gasteiger partial charge in [-0.2, -0.15) is 4.31 Å². The Balaban J connectivity index is 2.30. The highest BCUT2D eigenvalue weighted by Gasteiger charge is 2.28. The first kappa shape index (κ1) is 9.14. The van der Waals surface area contributed by atoms with Crippen LogP contribution in [-0.4, -0.2) is 32.6 Å². The van der Waals surface area contributed by atoms with Crippen LogP contribution in [0.15, 0.2) is 21.7 Å². The molecule has 2 heterocycles. The molecular formula is C7H9NO3S2. The number of ether oxygens (including phenoxy) is 1. The fourth-order valence-electron chi connectivity index (χ4n) is 1.12. The number of nitrogens with zero attached hydrogens (tertiary/aromatic N) is 1. The minimum atomic E-state index is -3.27. The Hall–Kier alpha value is -0.430. The molecule has 0 N–H and O–H groups in total. The van der Waals surface area contributed by atoms with Crippen LogP contribution in [-0.2, 0) is 14.8 Å². The quantitative estimate of drug-likeness (QED) is 0.736. The molecule has 1 aromatic heterocycles. The summed E-state index contributed by atoms with van der Waals surface area (Å²) in [4.78, 5) is 0. The summed E-state index contributed by atoms with van der Waals surface area (Å²) >= 11 is 1.23. The normalized spacial score (nSPS) is 19.4. The van der Waals surface area contributed by atoms with E-state index >= 15 is 0 Å². The van der Waals surface area contributed by atoms with Crippen LogP contribution in [0.25, 0.3) is 0 Å². The second kappa shape index (κ2) is 3.38. The molecule has 1 saturated heterocycles. The van der Waals surface area contributed by atoms with Gasteiger partial charge >= 0.3 is 0 Å². The maximum atomic E-state index is 11.8. The molecule has 72 valence electrons. The smallest absolute Gasteiger partial charge is 0.254 e. The van der Waals surface area contributed by atoms with Gasteiger partial charge in [0.2, 0.25) is 0 Å². The van der Waals surface area contributed by atoms with Crippen LogP contribution in [0.5, 0.6) is 0 Å². The Labute approximate surface area is 80.8 Å². The van der Waals surface area contributed by atoms with Crippen LogP contribution in [0.1, 0.15) is 0 Å². The first-order valence-electron chi connectivity index (χ1n) is 3.83. The first-order valence-corrected chi connectivity index (χ1v) is 6.14. The van der Waals surface area contributed by atoms with Crippen molar-refractivity contribution in [3.8, 4) is 0 Å². The monoisotopic (exact) mass is 219 g/mol. The van der Waals surface area contributed by atoms with Gasteiger partial charge in [-0.3, -0.25) is 0 Å². The summed E-state index contributed by atoms with van der Waals surface area (Å²) in [5.74, 6) is 0. The van der Waals surface area contributed by atoms with Crippen molar-refractivity contribution in [2.45, 2.75) is 4.21 Å².